The van der Waals surface area contributed by atoms with Crippen molar-refractivity contribution >= 4 is 28.4 Å². The first-order chi connectivity index (χ1) is 19.0. The van der Waals surface area contributed by atoms with E-state index in [4.69, 9.17) is 0 Å². The summed E-state index contributed by atoms with van der Waals surface area (Å²) < 4.78 is 69.3. The van der Waals surface area contributed by atoms with Gasteiger partial charge >= 0.3 is 6.36 Å². The summed E-state index contributed by atoms with van der Waals surface area (Å²) >= 11 is 0. The summed E-state index contributed by atoms with van der Waals surface area (Å²) in [6.07, 6.45) is 2.32. The molecule has 9 nitrogen and oxygen atoms in total. The number of alkyl halides is 5. The number of hydrogen-bond donors (Lipinski definition) is 3. The van der Waals surface area contributed by atoms with Gasteiger partial charge in [-0.2, -0.15) is 10.1 Å². The molecule has 0 radical (unpaired) electrons. The fourth-order valence-electron chi connectivity index (χ4n) is 5.50. The molecule has 40 heavy (non-hydrogen) atoms. The number of fused-ring (bicyclic) bond motifs is 2. The van der Waals surface area contributed by atoms with E-state index in [1.54, 1.807) is 23.1 Å². The zero-order valence-electron chi connectivity index (χ0n) is 21.1. The van der Waals surface area contributed by atoms with Crippen molar-refractivity contribution in [2.45, 2.75) is 63.0 Å². The van der Waals surface area contributed by atoms with Gasteiger partial charge in [0.2, 0.25) is 11.9 Å². The van der Waals surface area contributed by atoms with Crippen molar-refractivity contribution in [3.63, 3.8) is 0 Å². The van der Waals surface area contributed by atoms with Gasteiger partial charge in [0.25, 0.3) is 5.91 Å². The van der Waals surface area contributed by atoms with Gasteiger partial charge in [-0.1, -0.05) is 0 Å². The average Bonchev–Trinajstić information content (AvgIpc) is 3.50. The Balaban J connectivity index is 1.14. The van der Waals surface area contributed by atoms with Gasteiger partial charge in [-0.25, -0.2) is 18.3 Å². The maximum Gasteiger partial charge on any atom is 0.522 e. The molecule has 1 amide bonds. The van der Waals surface area contributed by atoms with Crippen molar-refractivity contribution in [1.29, 1.82) is 0 Å². The van der Waals surface area contributed by atoms with Gasteiger partial charge < -0.3 is 15.6 Å². The highest BCUT2D eigenvalue weighted by Gasteiger charge is 2.45. The lowest BCUT2D eigenvalue weighted by molar-refractivity contribution is -0.345. The molecule has 0 saturated heterocycles. The highest BCUT2D eigenvalue weighted by atomic mass is 19.4. The topological polar surface area (TPSA) is 109 Å². The molecule has 4 aromatic rings. The van der Waals surface area contributed by atoms with Crippen molar-refractivity contribution in [3.05, 3.63) is 42.5 Å². The molecule has 4 aromatic heterocycles. The lowest BCUT2D eigenvalue weighted by atomic mass is 9.81. The van der Waals surface area contributed by atoms with Crippen molar-refractivity contribution in [2.24, 2.45) is 5.92 Å². The van der Waals surface area contributed by atoms with Crippen LogP contribution in [0.1, 0.15) is 48.9 Å². The van der Waals surface area contributed by atoms with E-state index in [1.807, 2.05) is 12.1 Å². The summed E-state index contributed by atoms with van der Waals surface area (Å²) in [6.45, 7) is 0.185. The largest absolute Gasteiger partial charge is 0.522 e. The molecule has 4 heterocycles. The second kappa shape index (κ2) is 9.98. The standard InChI is InChI=1S/C26H26F5N7O2/c27-25(28)8-14(9-25)10-33-23(39)20-13-35-38-6-5-15(7-21(20)38)18-11-32-22-19(18)12-34-24(37-22)36-16-1-3-17(4-2-16)40-26(29,30)31/h5-7,11-14,16-17H,1-4,8-10H2,(H,33,39)(H2,32,34,36,37). The summed E-state index contributed by atoms with van der Waals surface area (Å²) in [5.41, 5.74) is 3.07. The van der Waals surface area contributed by atoms with E-state index < -0.39 is 18.4 Å². The van der Waals surface area contributed by atoms with E-state index >= 15 is 0 Å². The van der Waals surface area contributed by atoms with Gasteiger partial charge in [-0.05, 0) is 49.3 Å². The average molecular weight is 564 g/mol. The van der Waals surface area contributed by atoms with E-state index in [0.717, 1.165) is 16.5 Å². The Bertz CT molecular complexity index is 1530. The number of anilines is 1. The number of carbonyl (C=O) groups excluding carboxylic acids is 1. The lowest BCUT2D eigenvalue weighted by Gasteiger charge is -2.34. The maximum atomic E-state index is 13.1. The van der Waals surface area contributed by atoms with Gasteiger partial charge in [0.15, 0.2) is 0 Å². The van der Waals surface area contributed by atoms with E-state index in [9.17, 15) is 26.7 Å². The van der Waals surface area contributed by atoms with Crippen molar-refractivity contribution < 1.29 is 31.5 Å². The molecule has 0 bridgehead atoms. The summed E-state index contributed by atoms with van der Waals surface area (Å²) in [5, 5.41) is 10.9. The number of hydrogen-bond acceptors (Lipinski definition) is 6. The number of amides is 1. The minimum Gasteiger partial charge on any atom is -0.352 e. The molecule has 2 fully saturated rings. The Labute approximate surface area is 224 Å². The number of aromatic amines is 1. The number of aromatic nitrogens is 5. The molecule has 2 aliphatic carbocycles. The lowest BCUT2D eigenvalue weighted by Crippen LogP contribution is -2.42. The van der Waals surface area contributed by atoms with Crippen LogP contribution in [-0.2, 0) is 4.74 Å². The molecule has 14 heteroatoms. The van der Waals surface area contributed by atoms with Crippen LogP contribution in [0, 0.1) is 5.92 Å². The van der Waals surface area contributed by atoms with Crippen LogP contribution in [0.5, 0.6) is 0 Å². The number of rotatable bonds is 7. The molecule has 0 atom stereocenters. The first-order valence-corrected chi connectivity index (χ1v) is 13.0. The maximum absolute atomic E-state index is 13.1. The van der Waals surface area contributed by atoms with Crippen molar-refractivity contribution in [3.8, 4) is 11.1 Å². The molecular weight excluding hydrogens is 537 g/mol. The van der Waals surface area contributed by atoms with Crippen LogP contribution in [0.2, 0.25) is 0 Å². The van der Waals surface area contributed by atoms with Crippen LogP contribution in [-0.4, -0.2) is 61.4 Å². The van der Waals surface area contributed by atoms with Crippen LogP contribution in [0.25, 0.3) is 27.7 Å². The molecule has 0 aromatic carbocycles. The van der Waals surface area contributed by atoms with Crippen LogP contribution in [0.15, 0.2) is 36.9 Å². The minimum absolute atomic E-state index is 0.0606. The van der Waals surface area contributed by atoms with Gasteiger partial charge in [0, 0.05) is 55.0 Å². The molecule has 0 unspecified atom stereocenters. The summed E-state index contributed by atoms with van der Waals surface area (Å²) in [4.78, 5) is 24.8. The third-order valence-electron chi connectivity index (χ3n) is 7.54. The zero-order valence-corrected chi connectivity index (χ0v) is 21.1. The number of pyridine rings is 1. The Morgan fingerprint density at radius 2 is 1.95 bits per heavy atom. The first-order valence-electron chi connectivity index (χ1n) is 13.0. The highest BCUT2D eigenvalue weighted by molar-refractivity contribution is 6.02. The molecule has 6 rings (SSSR count). The Hall–Kier alpha value is -3.81. The summed E-state index contributed by atoms with van der Waals surface area (Å²) in [5.74, 6) is -2.88. The van der Waals surface area contributed by atoms with E-state index in [2.05, 4.69) is 35.4 Å². The quantitative estimate of drug-likeness (QED) is 0.263. The van der Waals surface area contributed by atoms with E-state index in [0.29, 0.717) is 48.4 Å². The van der Waals surface area contributed by atoms with Crippen LogP contribution in [0.4, 0.5) is 27.9 Å². The SMILES string of the molecule is O=C(NCC1CC(F)(F)C1)c1cnn2ccc(-c3c[nH]c4nc(NC5CCC(OC(F)(F)F)CC5)ncc34)cc12. The molecule has 0 spiro atoms. The van der Waals surface area contributed by atoms with Crippen molar-refractivity contribution in [2.75, 3.05) is 11.9 Å². The molecule has 2 aliphatic rings. The monoisotopic (exact) mass is 563 g/mol. The van der Waals surface area contributed by atoms with Gasteiger partial charge in [-0.3, -0.25) is 9.53 Å². The first kappa shape index (κ1) is 26.4. The third kappa shape index (κ3) is 5.58. The van der Waals surface area contributed by atoms with Gasteiger partial charge in [-0.15, -0.1) is 13.2 Å². The molecular formula is C26H26F5N7O2. The Kier molecular flexibility index (Phi) is 6.59. The van der Waals surface area contributed by atoms with E-state index in [-0.39, 0.29) is 37.3 Å². The number of carbonyl (C=O) groups is 1. The van der Waals surface area contributed by atoms with E-state index in [1.165, 1.54) is 6.20 Å². The summed E-state index contributed by atoms with van der Waals surface area (Å²) in [7, 11) is 0. The Morgan fingerprint density at radius 1 is 1.18 bits per heavy atom. The Morgan fingerprint density at radius 3 is 2.67 bits per heavy atom. The van der Waals surface area contributed by atoms with Gasteiger partial charge in [0.1, 0.15) is 5.65 Å². The predicted octanol–water partition coefficient (Wildman–Crippen LogP) is 5.31. The number of H-pyrrole nitrogens is 1. The number of nitrogens with one attached hydrogen (secondary N) is 3. The van der Waals surface area contributed by atoms with Crippen molar-refractivity contribution in [1.82, 2.24) is 29.9 Å². The number of nitrogens with zero attached hydrogens (tertiary/aromatic N) is 4. The smallest absolute Gasteiger partial charge is 0.352 e. The minimum atomic E-state index is -4.63. The van der Waals surface area contributed by atoms with Gasteiger partial charge in [0.05, 0.1) is 23.4 Å². The fourth-order valence-corrected chi connectivity index (χ4v) is 5.50. The van der Waals surface area contributed by atoms with Crippen LogP contribution >= 0.6 is 0 Å². The normalized spacial score (nSPS) is 21.4. The molecule has 3 N–H and O–H groups in total. The summed E-state index contributed by atoms with van der Waals surface area (Å²) in [6, 6.07) is 3.60. The van der Waals surface area contributed by atoms with Crippen LogP contribution < -0.4 is 10.6 Å². The second-order valence-corrected chi connectivity index (χ2v) is 10.5. The second-order valence-electron chi connectivity index (χ2n) is 10.5. The zero-order chi connectivity index (χ0) is 28.1. The highest BCUT2D eigenvalue weighted by Crippen LogP contribution is 2.42. The molecule has 0 aliphatic heterocycles. The third-order valence-corrected chi connectivity index (χ3v) is 7.54. The molecule has 2 saturated carbocycles. The fraction of sp³-hybridized carbons (Fsp3) is 0.462. The predicted molar refractivity (Wildman–Crippen MR) is 135 cm³/mol. The van der Waals surface area contributed by atoms with Crippen LogP contribution in [0.3, 0.4) is 0 Å². The number of halogens is 5. The number of ether oxygens (including phenoxy) is 1. The molecule has 212 valence electrons.